The number of esters is 1. The lowest BCUT2D eigenvalue weighted by atomic mass is 9.70. The van der Waals surface area contributed by atoms with Crippen LogP contribution in [-0.4, -0.2) is 93.0 Å². The number of hydrogen-bond acceptors (Lipinski definition) is 7. The number of aliphatic hydroxyl groups excluding tert-OH is 1. The summed E-state index contributed by atoms with van der Waals surface area (Å²) in [5.74, 6) is -3.21. The standard InChI is InChI=1S/C38H52BrN3O7/c1-5-7-18-30(44)40-22-29(25-14-10-8-11-15-25)48-37(47)31-32-35(45)42(27(23-43)20-24(3)4)34(38(32)21-28(39)33(31)49-38)36(46)41(19-6-2)26-16-12-9-13-17-26/h5-6,8,10-11,14-15,24,26-29,31-34,43H,1-2,7,9,12-13,16-23H2,3-4H3,(H,40,44)/t27-,28?,29+,31-,32+,33-,34-,38+/m1/s1. The Bertz CT molecular complexity index is 1370. The molecule has 1 spiro atoms. The fourth-order valence-electron chi connectivity index (χ4n) is 8.58. The molecule has 10 nitrogen and oxygen atoms in total. The van der Waals surface area contributed by atoms with Crippen molar-refractivity contribution in [1.82, 2.24) is 15.1 Å². The van der Waals surface area contributed by atoms with Gasteiger partial charge in [-0.15, -0.1) is 13.2 Å². The second-order valence-electron chi connectivity index (χ2n) is 14.4. The van der Waals surface area contributed by atoms with Crippen LogP contribution in [0.4, 0.5) is 0 Å². The van der Waals surface area contributed by atoms with Crippen LogP contribution in [0.25, 0.3) is 0 Å². The Morgan fingerprint density at radius 1 is 1.16 bits per heavy atom. The van der Waals surface area contributed by atoms with Crippen molar-refractivity contribution >= 4 is 39.6 Å². The molecule has 2 N–H and O–H groups in total. The predicted molar refractivity (Wildman–Crippen MR) is 189 cm³/mol. The summed E-state index contributed by atoms with van der Waals surface area (Å²) in [6.07, 6.45) is 8.42. The first-order chi connectivity index (χ1) is 23.6. The van der Waals surface area contributed by atoms with Gasteiger partial charge in [0.1, 0.15) is 17.7 Å². The minimum Gasteiger partial charge on any atom is -0.455 e. The third-order valence-corrected chi connectivity index (χ3v) is 11.5. The van der Waals surface area contributed by atoms with E-state index in [2.05, 4.69) is 34.4 Å². The smallest absolute Gasteiger partial charge is 0.313 e. The van der Waals surface area contributed by atoms with Crippen LogP contribution >= 0.6 is 15.9 Å². The van der Waals surface area contributed by atoms with Gasteiger partial charge in [-0.25, -0.2) is 0 Å². The SMILES string of the molecule is C=CCCC(=O)NC[C@H](OC(=O)[C@H]1[C@@H]2O[C@@]3(CC2Br)[C@@H]1C(=O)N([C@@H](CO)CC(C)C)[C@@H]3C(=O)N(CC=C)C1CCCCC1)c1ccccc1. The molecule has 4 fully saturated rings. The predicted octanol–water partition coefficient (Wildman–Crippen LogP) is 4.86. The number of likely N-dealkylation sites (tertiary alicyclic amines) is 1. The van der Waals surface area contributed by atoms with E-state index in [1.54, 1.807) is 17.1 Å². The number of rotatable bonds is 16. The van der Waals surface area contributed by atoms with Crippen LogP contribution in [0.2, 0.25) is 0 Å². The summed E-state index contributed by atoms with van der Waals surface area (Å²) in [6.45, 7) is 11.7. The summed E-state index contributed by atoms with van der Waals surface area (Å²) < 4.78 is 13.0. The number of allylic oxidation sites excluding steroid dienone is 1. The molecule has 1 aromatic carbocycles. The van der Waals surface area contributed by atoms with Crippen molar-refractivity contribution in [3.63, 3.8) is 0 Å². The van der Waals surface area contributed by atoms with Gasteiger partial charge in [0.15, 0.2) is 0 Å². The molecule has 5 rings (SSSR count). The summed E-state index contributed by atoms with van der Waals surface area (Å²) in [6, 6.07) is 7.54. The monoisotopic (exact) mass is 741 g/mol. The summed E-state index contributed by atoms with van der Waals surface area (Å²) in [5, 5.41) is 13.6. The number of fused-ring (bicyclic) bond motifs is 1. The summed E-state index contributed by atoms with van der Waals surface area (Å²) >= 11 is 3.76. The lowest BCUT2D eigenvalue weighted by Crippen LogP contribution is -2.60. The lowest BCUT2D eigenvalue weighted by Gasteiger charge is -2.42. The van der Waals surface area contributed by atoms with E-state index in [1.807, 2.05) is 49.1 Å². The largest absolute Gasteiger partial charge is 0.455 e. The molecule has 4 aliphatic rings. The number of nitrogens with one attached hydrogen (secondary N) is 1. The van der Waals surface area contributed by atoms with E-state index in [-0.39, 0.29) is 54.1 Å². The normalized spacial score (nSPS) is 29.0. The van der Waals surface area contributed by atoms with Crippen molar-refractivity contribution in [2.75, 3.05) is 19.7 Å². The van der Waals surface area contributed by atoms with Crippen molar-refractivity contribution < 1.29 is 33.8 Å². The number of carbonyl (C=O) groups excluding carboxylic acids is 4. The first kappa shape index (κ1) is 37.2. The van der Waals surface area contributed by atoms with Gasteiger partial charge in [0.2, 0.25) is 17.7 Å². The van der Waals surface area contributed by atoms with E-state index >= 15 is 0 Å². The number of alkyl halides is 1. The fraction of sp³-hybridized carbons (Fsp3) is 0.632. The number of halogens is 1. The van der Waals surface area contributed by atoms with Gasteiger partial charge in [0.05, 0.1) is 37.1 Å². The zero-order valence-electron chi connectivity index (χ0n) is 28.8. The quantitative estimate of drug-likeness (QED) is 0.141. The van der Waals surface area contributed by atoms with E-state index in [4.69, 9.17) is 9.47 Å². The fourth-order valence-corrected chi connectivity index (χ4v) is 9.52. The molecule has 1 saturated carbocycles. The molecule has 1 aliphatic carbocycles. The second kappa shape index (κ2) is 16.3. The zero-order chi connectivity index (χ0) is 35.3. The van der Waals surface area contributed by atoms with Crippen LogP contribution in [0.1, 0.15) is 83.3 Å². The van der Waals surface area contributed by atoms with Crippen LogP contribution in [0.5, 0.6) is 0 Å². The van der Waals surface area contributed by atoms with Crippen molar-refractivity contribution in [3.8, 4) is 0 Å². The van der Waals surface area contributed by atoms with Gasteiger partial charge < -0.3 is 29.7 Å². The molecule has 2 bridgehead atoms. The molecule has 0 radical (unpaired) electrons. The molecule has 0 aromatic heterocycles. The Morgan fingerprint density at radius 2 is 1.88 bits per heavy atom. The molecule has 1 aromatic rings. The number of carbonyl (C=O) groups is 4. The third kappa shape index (κ3) is 7.54. The lowest BCUT2D eigenvalue weighted by molar-refractivity contribution is -0.161. The Balaban J connectivity index is 1.50. The highest BCUT2D eigenvalue weighted by molar-refractivity contribution is 9.09. The van der Waals surface area contributed by atoms with Gasteiger partial charge in [-0.1, -0.05) is 91.5 Å². The third-order valence-electron chi connectivity index (χ3n) is 10.7. The zero-order valence-corrected chi connectivity index (χ0v) is 30.4. The van der Waals surface area contributed by atoms with Crippen molar-refractivity contribution in [2.45, 2.75) is 112 Å². The van der Waals surface area contributed by atoms with Crippen LogP contribution in [0.3, 0.4) is 0 Å². The van der Waals surface area contributed by atoms with E-state index in [0.29, 0.717) is 31.4 Å². The average molecular weight is 743 g/mol. The van der Waals surface area contributed by atoms with Gasteiger partial charge in [-0.2, -0.15) is 0 Å². The maximum atomic E-state index is 14.9. The van der Waals surface area contributed by atoms with Crippen LogP contribution < -0.4 is 5.32 Å². The molecule has 268 valence electrons. The van der Waals surface area contributed by atoms with Crippen molar-refractivity contribution in [3.05, 3.63) is 61.2 Å². The minimum atomic E-state index is -1.28. The van der Waals surface area contributed by atoms with Crippen molar-refractivity contribution in [2.24, 2.45) is 17.8 Å². The van der Waals surface area contributed by atoms with Gasteiger partial charge in [-0.3, -0.25) is 19.2 Å². The Labute approximate surface area is 298 Å². The molecule has 3 aliphatic heterocycles. The van der Waals surface area contributed by atoms with Gasteiger partial charge in [-0.05, 0) is 43.6 Å². The Hall–Kier alpha value is -3.02. The van der Waals surface area contributed by atoms with Gasteiger partial charge in [0.25, 0.3) is 0 Å². The molecule has 49 heavy (non-hydrogen) atoms. The molecule has 3 amide bonds. The maximum absolute atomic E-state index is 14.9. The summed E-state index contributed by atoms with van der Waals surface area (Å²) in [7, 11) is 0. The highest BCUT2D eigenvalue weighted by atomic mass is 79.9. The number of ether oxygens (including phenoxy) is 2. The maximum Gasteiger partial charge on any atom is 0.313 e. The topological polar surface area (TPSA) is 125 Å². The first-order valence-electron chi connectivity index (χ1n) is 17.9. The number of amides is 3. The Morgan fingerprint density at radius 3 is 2.51 bits per heavy atom. The van der Waals surface area contributed by atoms with E-state index < -0.39 is 47.7 Å². The Kier molecular flexibility index (Phi) is 12.4. The molecule has 8 atom stereocenters. The van der Waals surface area contributed by atoms with E-state index in [1.165, 1.54) is 0 Å². The van der Waals surface area contributed by atoms with E-state index in [9.17, 15) is 24.3 Å². The second-order valence-corrected chi connectivity index (χ2v) is 15.6. The van der Waals surface area contributed by atoms with E-state index in [0.717, 1.165) is 32.1 Å². The van der Waals surface area contributed by atoms with Crippen LogP contribution in [0, 0.1) is 17.8 Å². The molecule has 11 heteroatoms. The number of aliphatic hydroxyl groups is 1. The summed E-state index contributed by atoms with van der Waals surface area (Å²) in [4.78, 5) is 59.7. The van der Waals surface area contributed by atoms with Crippen LogP contribution in [-0.2, 0) is 28.7 Å². The number of nitrogens with zero attached hydrogens (tertiary/aromatic N) is 2. The van der Waals surface area contributed by atoms with Gasteiger partial charge >= 0.3 is 5.97 Å². The first-order valence-corrected chi connectivity index (χ1v) is 18.8. The minimum absolute atomic E-state index is 0.0109. The molecule has 1 unspecified atom stereocenters. The molecule has 3 saturated heterocycles. The highest BCUT2D eigenvalue weighted by Gasteiger charge is 2.77. The summed E-state index contributed by atoms with van der Waals surface area (Å²) in [5.41, 5.74) is -0.581. The number of hydrogen-bond donors (Lipinski definition) is 2. The average Bonchev–Trinajstić information content (AvgIpc) is 3.70. The van der Waals surface area contributed by atoms with Crippen LogP contribution in [0.15, 0.2) is 55.6 Å². The van der Waals surface area contributed by atoms with Gasteiger partial charge in [0, 0.05) is 23.8 Å². The molecule has 3 heterocycles. The molecular formula is C38H52BrN3O7. The number of benzene rings is 1. The van der Waals surface area contributed by atoms with Crippen molar-refractivity contribution in [1.29, 1.82) is 0 Å². The molecular weight excluding hydrogens is 690 g/mol. The highest BCUT2D eigenvalue weighted by Crippen LogP contribution is 2.61.